The first kappa shape index (κ1) is 17.0. The van der Waals surface area contributed by atoms with Crippen molar-refractivity contribution < 1.29 is 14.3 Å². The highest BCUT2D eigenvalue weighted by Gasteiger charge is 2.16. The number of nitrogens with zero attached hydrogens (tertiary/aromatic N) is 1. The molecule has 1 aromatic heterocycles. The minimum Gasteiger partial charge on any atom is -0.493 e. The Hall–Kier alpha value is -2.85. The van der Waals surface area contributed by atoms with E-state index in [9.17, 15) is 4.79 Å². The lowest BCUT2D eigenvalue weighted by Crippen LogP contribution is -1.98. The summed E-state index contributed by atoms with van der Waals surface area (Å²) in [7, 11) is 3.19. The normalized spacial score (nSPS) is 10.4. The summed E-state index contributed by atoms with van der Waals surface area (Å²) in [5, 5.41) is -0.537. The molecule has 0 saturated carbocycles. The lowest BCUT2D eigenvalue weighted by Gasteiger charge is -2.14. The average molecular weight is 354 g/mol. The number of hydrogen-bond donors (Lipinski definition) is 0. The molecule has 25 heavy (non-hydrogen) atoms. The molecule has 0 amide bonds. The first-order valence-corrected chi connectivity index (χ1v) is 8.00. The van der Waals surface area contributed by atoms with Crippen LogP contribution in [0.15, 0.2) is 60.8 Å². The molecule has 4 nitrogen and oxygen atoms in total. The molecule has 0 aliphatic rings. The highest BCUT2D eigenvalue weighted by molar-refractivity contribution is 6.68. The summed E-state index contributed by atoms with van der Waals surface area (Å²) in [6.07, 6.45) is 1.64. The Labute approximate surface area is 151 Å². The Kier molecular flexibility index (Phi) is 5.00. The van der Waals surface area contributed by atoms with E-state index in [1.165, 1.54) is 0 Å². The Morgan fingerprint density at radius 2 is 1.64 bits per heavy atom. The molecule has 2 aromatic carbocycles. The highest BCUT2D eigenvalue weighted by atomic mass is 35.5. The van der Waals surface area contributed by atoms with Crippen molar-refractivity contribution in [2.75, 3.05) is 14.2 Å². The van der Waals surface area contributed by atoms with Crippen LogP contribution in [0.25, 0.3) is 22.4 Å². The number of rotatable bonds is 5. The first-order chi connectivity index (χ1) is 12.2. The molecular weight excluding hydrogens is 338 g/mol. The van der Waals surface area contributed by atoms with Crippen molar-refractivity contribution >= 4 is 16.8 Å². The molecule has 0 unspecified atom stereocenters. The Balaban J connectivity index is 2.20. The number of halogens is 1. The van der Waals surface area contributed by atoms with Crippen molar-refractivity contribution in [2.45, 2.75) is 0 Å². The zero-order chi connectivity index (χ0) is 17.8. The van der Waals surface area contributed by atoms with Crippen LogP contribution in [0.3, 0.4) is 0 Å². The van der Waals surface area contributed by atoms with Gasteiger partial charge in [-0.25, -0.2) is 0 Å². The zero-order valence-electron chi connectivity index (χ0n) is 13.8. The van der Waals surface area contributed by atoms with Crippen LogP contribution < -0.4 is 9.47 Å². The van der Waals surface area contributed by atoms with Crippen molar-refractivity contribution in [3.63, 3.8) is 0 Å². The fraction of sp³-hybridized carbons (Fsp3) is 0.100. The molecule has 0 saturated heterocycles. The van der Waals surface area contributed by atoms with Gasteiger partial charge in [-0.15, -0.1) is 0 Å². The third kappa shape index (κ3) is 3.35. The van der Waals surface area contributed by atoms with Gasteiger partial charge in [0.15, 0.2) is 11.5 Å². The Bertz CT molecular complexity index is 924. The minimum atomic E-state index is -0.537. The molecule has 0 aliphatic heterocycles. The van der Waals surface area contributed by atoms with E-state index in [1.807, 2.05) is 42.5 Å². The summed E-state index contributed by atoms with van der Waals surface area (Å²) < 4.78 is 10.7. The van der Waals surface area contributed by atoms with Gasteiger partial charge < -0.3 is 9.47 Å². The third-order valence-corrected chi connectivity index (χ3v) is 4.10. The maximum Gasteiger partial charge on any atom is 0.254 e. The van der Waals surface area contributed by atoms with E-state index in [0.717, 1.165) is 16.7 Å². The summed E-state index contributed by atoms with van der Waals surface area (Å²) in [6, 6.07) is 16.7. The van der Waals surface area contributed by atoms with Crippen LogP contribution in [0.5, 0.6) is 11.5 Å². The quantitative estimate of drug-likeness (QED) is 0.617. The van der Waals surface area contributed by atoms with Crippen molar-refractivity contribution in [3.05, 3.63) is 66.4 Å². The van der Waals surface area contributed by atoms with E-state index in [0.29, 0.717) is 22.8 Å². The van der Waals surface area contributed by atoms with Crippen LogP contribution >= 0.6 is 11.6 Å². The van der Waals surface area contributed by atoms with Gasteiger partial charge in [-0.05, 0) is 47.0 Å². The predicted molar refractivity (Wildman–Crippen MR) is 98.4 cm³/mol. The zero-order valence-corrected chi connectivity index (χ0v) is 14.6. The number of benzene rings is 2. The van der Waals surface area contributed by atoms with Crippen LogP contribution in [0.4, 0.5) is 0 Å². The van der Waals surface area contributed by atoms with E-state index >= 15 is 0 Å². The molecule has 1 heterocycles. The molecule has 126 valence electrons. The van der Waals surface area contributed by atoms with E-state index in [-0.39, 0.29) is 0 Å². The number of methoxy groups -OCH3 is 2. The Morgan fingerprint density at radius 3 is 2.32 bits per heavy atom. The monoisotopic (exact) mass is 353 g/mol. The lowest BCUT2D eigenvalue weighted by atomic mass is 9.95. The number of ether oxygens (including phenoxy) is 2. The van der Waals surface area contributed by atoms with Crippen LogP contribution in [0.2, 0.25) is 0 Å². The molecule has 0 bridgehead atoms. The largest absolute Gasteiger partial charge is 0.493 e. The summed E-state index contributed by atoms with van der Waals surface area (Å²) in [6.45, 7) is 0. The number of carbonyl (C=O) groups excluding carboxylic acids is 1. The maximum absolute atomic E-state index is 11.8. The van der Waals surface area contributed by atoms with Crippen LogP contribution in [0, 0.1) is 0 Å². The van der Waals surface area contributed by atoms with Gasteiger partial charge in [-0.3, -0.25) is 9.78 Å². The number of aromatic nitrogens is 1. The summed E-state index contributed by atoms with van der Waals surface area (Å²) >= 11 is 5.73. The van der Waals surface area contributed by atoms with Crippen molar-refractivity contribution in [3.8, 4) is 33.9 Å². The fourth-order valence-electron chi connectivity index (χ4n) is 2.72. The molecule has 0 radical (unpaired) electrons. The molecule has 0 atom stereocenters. The van der Waals surface area contributed by atoms with Gasteiger partial charge in [0.25, 0.3) is 5.24 Å². The summed E-state index contributed by atoms with van der Waals surface area (Å²) in [5.74, 6) is 1.28. The lowest BCUT2D eigenvalue weighted by molar-refractivity contribution is 0.108. The standard InChI is InChI=1S/C20H16ClNO3/c1-24-17-10-9-13(12-18(17)25-2)14-6-3-4-7-15(14)19-16(20(21)23)8-5-11-22-19/h3-12H,1-2H3. The summed E-state index contributed by atoms with van der Waals surface area (Å²) in [4.78, 5) is 16.1. The van der Waals surface area contributed by atoms with E-state index in [4.69, 9.17) is 21.1 Å². The van der Waals surface area contributed by atoms with Gasteiger partial charge in [-0.1, -0.05) is 30.3 Å². The topological polar surface area (TPSA) is 48.4 Å². The van der Waals surface area contributed by atoms with Gasteiger partial charge >= 0.3 is 0 Å². The second kappa shape index (κ2) is 7.36. The molecule has 3 rings (SSSR count). The first-order valence-electron chi connectivity index (χ1n) is 7.62. The second-order valence-corrected chi connectivity index (χ2v) is 5.63. The van der Waals surface area contributed by atoms with Gasteiger partial charge in [0.05, 0.1) is 25.5 Å². The van der Waals surface area contributed by atoms with E-state index in [1.54, 1.807) is 32.5 Å². The highest BCUT2D eigenvalue weighted by Crippen LogP contribution is 2.37. The molecule has 0 aliphatic carbocycles. The van der Waals surface area contributed by atoms with Crippen molar-refractivity contribution in [1.29, 1.82) is 0 Å². The SMILES string of the molecule is COc1ccc(-c2ccccc2-c2ncccc2C(=O)Cl)cc1OC. The van der Waals surface area contributed by atoms with Crippen molar-refractivity contribution in [1.82, 2.24) is 4.98 Å². The van der Waals surface area contributed by atoms with Gasteiger partial charge in [-0.2, -0.15) is 0 Å². The number of pyridine rings is 1. The minimum absolute atomic E-state index is 0.372. The number of hydrogen-bond acceptors (Lipinski definition) is 4. The molecule has 3 aromatic rings. The predicted octanol–water partition coefficient (Wildman–Crippen LogP) is 4.81. The molecule has 0 fully saturated rings. The molecule has 0 spiro atoms. The van der Waals surface area contributed by atoms with Gasteiger partial charge in [0, 0.05) is 11.8 Å². The van der Waals surface area contributed by atoms with Gasteiger partial charge in [0.2, 0.25) is 0 Å². The maximum atomic E-state index is 11.8. The van der Waals surface area contributed by atoms with Crippen molar-refractivity contribution in [2.24, 2.45) is 0 Å². The molecular formula is C20H16ClNO3. The smallest absolute Gasteiger partial charge is 0.254 e. The van der Waals surface area contributed by atoms with Crippen LogP contribution in [0.1, 0.15) is 10.4 Å². The number of carbonyl (C=O) groups is 1. The fourth-order valence-corrected chi connectivity index (χ4v) is 2.88. The molecule has 5 heteroatoms. The Morgan fingerprint density at radius 1 is 0.920 bits per heavy atom. The van der Waals surface area contributed by atoms with Crippen LogP contribution in [-0.4, -0.2) is 24.4 Å². The average Bonchev–Trinajstić information content (AvgIpc) is 2.67. The second-order valence-electron chi connectivity index (χ2n) is 5.29. The third-order valence-electron chi connectivity index (χ3n) is 3.90. The molecule has 0 N–H and O–H groups in total. The summed E-state index contributed by atoms with van der Waals surface area (Å²) in [5.41, 5.74) is 3.58. The van der Waals surface area contributed by atoms with E-state index in [2.05, 4.69) is 4.98 Å². The van der Waals surface area contributed by atoms with Gasteiger partial charge in [0.1, 0.15) is 0 Å². The van der Waals surface area contributed by atoms with E-state index < -0.39 is 5.24 Å². The van der Waals surface area contributed by atoms with Crippen LogP contribution in [-0.2, 0) is 0 Å².